The molecule has 1 aromatic heterocycles. The molecule has 0 radical (unpaired) electrons. The Bertz CT molecular complexity index is 1260. The lowest BCUT2D eigenvalue weighted by Crippen LogP contribution is -2.24. The number of para-hydroxylation sites is 2. The van der Waals surface area contributed by atoms with Crippen LogP contribution in [0, 0.1) is 0 Å². The quantitative estimate of drug-likeness (QED) is 0.383. The largest absolute Gasteiger partial charge is 0.368 e. The molecule has 0 fully saturated rings. The van der Waals surface area contributed by atoms with Crippen LogP contribution in [0.2, 0.25) is 5.02 Å². The summed E-state index contributed by atoms with van der Waals surface area (Å²) in [6.45, 7) is 0. The molecule has 2 N–H and O–H groups in total. The van der Waals surface area contributed by atoms with Gasteiger partial charge in [0.15, 0.2) is 5.16 Å². The molecule has 1 unspecified atom stereocenters. The summed E-state index contributed by atoms with van der Waals surface area (Å²) >= 11 is 7.51. The highest BCUT2D eigenvalue weighted by Crippen LogP contribution is 2.36. The number of nitrogens with two attached hydrogens (primary N) is 1. The molecule has 4 aromatic rings. The zero-order valence-electron chi connectivity index (χ0n) is 15.2. The molecule has 144 valence electrons. The Kier molecular flexibility index (Phi) is 5.38. The minimum Gasteiger partial charge on any atom is -0.368 e. The maximum Gasteiger partial charge on any atom is 0.266 e. The molecule has 1 atom stereocenters. The molecule has 7 heteroatoms. The van der Waals surface area contributed by atoms with Crippen molar-refractivity contribution in [3.05, 3.63) is 99.8 Å². The lowest BCUT2D eigenvalue weighted by molar-refractivity contribution is -0.117. The molecular weight excluding hydrogens is 406 g/mol. The number of halogens is 1. The maximum atomic E-state index is 13.3. The maximum absolute atomic E-state index is 13.3. The number of rotatable bonds is 5. The lowest BCUT2D eigenvalue weighted by atomic mass is 10.1. The van der Waals surface area contributed by atoms with Gasteiger partial charge in [0.2, 0.25) is 5.91 Å². The molecule has 5 nitrogen and oxygen atoms in total. The van der Waals surface area contributed by atoms with Gasteiger partial charge in [0.05, 0.1) is 21.6 Å². The summed E-state index contributed by atoms with van der Waals surface area (Å²) in [6.07, 6.45) is 0. The zero-order chi connectivity index (χ0) is 20.4. The minimum atomic E-state index is -0.710. The number of aromatic nitrogens is 2. The van der Waals surface area contributed by atoms with Crippen molar-refractivity contribution in [1.82, 2.24) is 9.55 Å². The fourth-order valence-electron chi connectivity index (χ4n) is 3.06. The van der Waals surface area contributed by atoms with Gasteiger partial charge in [-0.1, -0.05) is 78.0 Å². The average molecular weight is 422 g/mol. The highest BCUT2D eigenvalue weighted by molar-refractivity contribution is 8.00. The van der Waals surface area contributed by atoms with Crippen molar-refractivity contribution in [2.45, 2.75) is 10.4 Å². The molecule has 4 rings (SSSR count). The molecule has 3 aromatic carbocycles. The smallest absolute Gasteiger partial charge is 0.266 e. The average Bonchev–Trinajstić information content (AvgIpc) is 2.73. The first-order chi connectivity index (χ1) is 14.1. The van der Waals surface area contributed by atoms with Crippen LogP contribution in [0.1, 0.15) is 10.8 Å². The van der Waals surface area contributed by atoms with Gasteiger partial charge >= 0.3 is 0 Å². The molecule has 0 aliphatic carbocycles. The van der Waals surface area contributed by atoms with E-state index in [-0.39, 0.29) is 5.56 Å². The van der Waals surface area contributed by atoms with Gasteiger partial charge in [0, 0.05) is 0 Å². The Morgan fingerprint density at radius 3 is 2.34 bits per heavy atom. The molecule has 0 aliphatic rings. The molecule has 0 bridgehead atoms. The van der Waals surface area contributed by atoms with Crippen molar-refractivity contribution < 1.29 is 4.79 Å². The fraction of sp³-hybridized carbons (Fsp3) is 0.0455. The van der Waals surface area contributed by atoms with E-state index < -0.39 is 11.2 Å². The molecule has 0 aliphatic heterocycles. The first kappa shape index (κ1) is 19.2. The van der Waals surface area contributed by atoms with Crippen molar-refractivity contribution in [2.24, 2.45) is 5.73 Å². The topological polar surface area (TPSA) is 78.0 Å². The van der Waals surface area contributed by atoms with Crippen LogP contribution in [0.3, 0.4) is 0 Å². The van der Waals surface area contributed by atoms with Crippen LogP contribution in [0.25, 0.3) is 16.6 Å². The van der Waals surface area contributed by atoms with Crippen LogP contribution in [-0.2, 0) is 4.79 Å². The number of nitrogens with zero attached hydrogens (tertiary/aromatic N) is 2. The summed E-state index contributed by atoms with van der Waals surface area (Å²) in [5, 5.41) is 0.503. The fourth-order valence-corrected chi connectivity index (χ4v) is 4.34. The van der Waals surface area contributed by atoms with E-state index in [0.29, 0.717) is 26.8 Å². The number of hydrogen-bond donors (Lipinski definition) is 1. The van der Waals surface area contributed by atoms with Crippen LogP contribution in [-0.4, -0.2) is 15.5 Å². The van der Waals surface area contributed by atoms with E-state index in [1.165, 1.54) is 4.57 Å². The molecule has 0 saturated heterocycles. The first-order valence-corrected chi connectivity index (χ1v) is 10.1. The predicted molar refractivity (Wildman–Crippen MR) is 117 cm³/mol. The summed E-state index contributed by atoms with van der Waals surface area (Å²) in [5.74, 6) is -0.519. The molecular formula is C22H16ClN3O2S. The van der Waals surface area contributed by atoms with Crippen LogP contribution in [0.5, 0.6) is 0 Å². The number of hydrogen-bond acceptors (Lipinski definition) is 4. The highest BCUT2D eigenvalue weighted by Gasteiger charge is 2.24. The Morgan fingerprint density at radius 1 is 0.966 bits per heavy atom. The van der Waals surface area contributed by atoms with Crippen molar-refractivity contribution >= 4 is 40.2 Å². The molecule has 1 amide bonds. The highest BCUT2D eigenvalue weighted by atomic mass is 35.5. The number of carbonyl (C=O) groups is 1. The third-order valence-corrected chi connectivity index (χ3v) is 5.97. The normalized spacial score (nSPS) is 12.0. The molecule has 29 heavy (non-hydrogen) atoms. The molecule has 0 saturated carbocycles. The number of benzene rings is 3. The van der Waals surface area contributed by atoms with Crippen molar-refractivity contribution in [3.8, 4) is 5.69 Å². The van der Waals surface area contributed by atoms with Gasteiger partial charge in [-0.3, -0.25) is 14.2 Å². The monoisotopic (exact) mass is 421 g/mol. The minimum absolute atomic E-state index is 0.262. The van der Waals surface area contributed by atoms with E-state index in [9.17, 15) is 9.59 Å². The number of amides is 1. The van der Waals surface area contributed by atoms with Gasteiger partial charge in [-0.25, -0.2) is 4.98 Å². The van der Waals surface area contributed by atoms with Gasteiger partial charge in [-0.05, 0) is 29.8 Å². The van der Waals surface area contributed by atoms with Crippen molar-refractivity contribution in [3.63, 3.8) is 0 Å². The molecule has 1 heterocycles. The van der Waals surface area contributed by atoms with E-state index >= 15 is 0 Å². The van der Waals surface area contributed by atoms with Gasteiger partial charge in [0.25, 0.3) is 5.56 Å². The van der Waals surface area contributed by atoms with E-state index in [0.717, 1.165) is 17.3 Å². The lowest BCUT2D eigenvalue weighted by Gasteiger charge is -2.18. The summed E-state index contributed by atoms with van der Waals surface area (Å²) in [6, 6.07) is 23.3. The van der Waals surface area contributed by atoms with Crippen molar-refractivity contribution in [2.75, 3.05) is 0 Å². The second kappa shape index (κ2) is 8.11. The zero-order valence-corrected chi connectivity index (χ0v) is 16.7. The summed E-state index contributed by atoms with van der Waals surface area (Å²) < 4.78 is 1.44. The third kappa shape index (κ3) is 3.77. The molecule has 0 spiro atoms. The van der Waals surface area contributed by atoms with Crippen LogP contribution in [0.4, 0.5) is 0 Å². The van der Waals surface area contributed by atoms with Crippen molar-refractivity contribution in [1.29, 1.82) is 0 Å². The summed E-state index contributed by atoms with van der Waals surface area (Å²) in [5.41, 5.74) is 7.20. The first-order valence-electron chi connectivity index (χ1n) is 8.84. The van der Waals surface area contributed by atoms with Gasteiger partial charge in [0.1, 0.15) is 5.25 Å². The Morgan fingerprint density at radius 2 is 1.62 bits per heavy atom. The van der Waals surface area contributed by atoms with Crippen LogP contribution in [0.15, 0.2) is 88.8 Å². The Labute approximate surface area is 176 Å². The van der Waals surface area contributed by atoms with E-state index in [1.807, 2.05) is 36.4 Å². The van der Waals surface area contributed by atoms with E-state index in [4.69, 9.17) is 17.3 Å². The second-order valence-corrected chi connectivity index (χ2v) is 7.79. The van der Waals surface area contributed by atoms with E-state index in [2.05, 4.69) is 4.98 Å². The van der Waals surface area contributed by atoms with E-state index in [1.54, 1.807) is 42.5 Å². The number of thioether (sulfide) groups is 1. The SMILES string of the molecule is NC(=O)C(Sc1nc2ccccc2c(=O)n1-c1ccccc1Cl)c1ccccc1. The standard InChI is InChI=1S/C22H16ClN3O2S/c23-16-11-5-7-13-18(16)26-21(28)15-10-4-6-12-17(15)25-22(26)29-19(20(24)27)14-8-2-1-3-9-14/h1-13,19H,(H2,24,27). The summed E-state index contributed by atoms with van der Waals surface area (Å²) in [7, 11) is 0. The number of carbonyl (C=O) groups excluding carboxylic acids is 1. The van der Waals surface area contributed by atoms with Gasteiger partial charge in [-0.15, -0.1) is 0 Å². The Hall–Kier alpha value is -3.09. The Balaban J connectivity index is 1.96. The predicted octanol–water partition coefficient (Wildman–Crippen LogP) is 4.36. The van der Waals surface area contributed by atoms with Gasteiger partial charge < -0.3 is 5.73 Å². The van der Waals surface area contributed by atoms with Crippen LogP contribution < -0.4 is 11.3 Å². The van der Waals surface area contributed by atoms with Crippen LogP contribution >= 0.6 is 23.4 Å². The third-order valence-electron chi connectivity index (χ3n) is 4.42. The summed E-state index contributed by atoms with van der Waals surface area (Å²) in [4.78, 5) is 30.2. The number of fused-ring (bicyclic) bond motifs is 1. The second-order valence-electron chi connectivity index (χ2n) is 6.31. The number of primary amides is 1. The van der Waals surface area contributed by atoms with Gasteiger partial charge in [-0.2, -0.15) is 0 Å².